The van der Waals surface area contributed by atoms with Crippen LogP contribution in [0.5, 0.6) is 0 Å². The molecule has 0 saturated carbocycles. The molecule has 0 heterocycles. The van der Waals surface area contributed by atoms with Gasteiger partial charge in [0.15, 0.2) is 42.7 Å². The van der Waals surface area contributed by atoms with Crippen molar-refractivity contribution in [3.8, 4) is 0 Å². The molecule has 43 N–H and O–H groups in total. The summed E-state index contributed by atoms with van der Waals surface area (Å²) in [4.78, 5) is 138. The van der Waals surface area contributed by atoms with E-state index in [4.69, 9.17) is 220 Å². The van der Waals surface area contributed by atoms with Crippen molar-refractivity contribution in [3.05, 3.63) is 0 Å². The fourth-order valence-corrected chi connectivity index (χ4v) is 6.47. The molecule has 63 nitrogen and oxygen atoms in total. The molecule has 0 amide bonds. The largest absolute Gasteiger partial charge is 1.00 e. The first-order chi connectivity index (χ1) is 50.9. The zero-order valence-corrected chi connectivity index (χ0v) is 87.0. The molecule has 0 unspecified atom stereocenters. The number of aliphatic carboxylic acids is 10. The second-order valence-corrected chi connectivity index (χ2v) is 23.4. The fourth-order valence-electron chi connectivity index (χ4n) is 5.49. The van der Waals surface area contributed by atoms with Gasteiger partial charge < -0.3 is 282 Å². The van der Waals surface area contributed by atoms with Gasteiger partial charge in [0.2, 0.25) is 0 Å². The number of carboxylic acids is 10. The van der Waals surface area contributed by atoms with Crippen LogP contribution < -0.4 is 395 Å². The molecule has 72 heteroatoms. The van der Waals surface area contributed by atoms with Gasteiger partial charge in [-0.3, -0.25) is 0 Å². The van der Waals surface area contributed by atoms with Crippen molar-refractivity contribution >= 4 is 75.3 Å². The van der Waals surface area contributed by atoms with Gasteiger partial charge in [0, 0.05) is 24.8 Å². The number of carbonyl (C=O) groups is 10. The molecule has 0 aromatic carbocycles. The van der Waals surface area contributed by atoms with Crippen molar-refractivity contribution in [2.24, 2.45) is 0 Å². The van der Waals surface area contributed by atoms with Crippen molar-refractivity contribution in [2.75, 3.05) is 46.2 Å². The summed E-state index contributed by atoms with van der Waals surface area (Å²) in [5.41, 5.74) is -2.97. The zero-order chi connectivity index (χ0) is 92.5. The van der Waals surface area contributed by atoms with E-state index in [0.29, 0.717) is 0 Å². The number of rotatable bonds is 42. The standard InChI is InChI=1S/C6H8O7.7C6H12O7.7K.H4O7P2/c7-3(8)1-6(13,5(11)12)2-4(9)10;7*7-1-2(8)3(9)4(10)5(11)6(12)13;;;;;;;;1-8(2,3)7-9(4,5)6/h13H,1-2H2,(H,7,8)(H,9,10)(H,11,12);7*2-5,7-11H,1H2,(H,12,13);;;;;;;;(H2,1,2,3)(H2,4,5,6)/q;;;;;;;;7*+1;/p-7/t;7*2-,3-,4+,5-;;;;;;;;/m.1111111......../s1. The van der Waals surface area contributed by atoms with Crippen LogP contribution in [0.1, 0.15) is 12.8 Å². The van der Waals surface area contributed by atoms with E-state index in [1.807, 2.05) is 0 Å². The van der Waals surface area contributed by atoms with Crippen LogP contribution in [0.2, 0.25) is 0 Å². The van der Waals surface area contributed by atoms with Gasteiger partial charge in [0.05, 0.1) is 67.9 Å². The van der Waals surface area contributed by atoms with Gasteiger partial charge in [0.25, 0.3) is 0 Å². The molecule has 120 heavy (non-hydrogen) atoms. The summed E-state index contributed by atoms with van der Waals surface area (Å²) in [7, 11) is -11.4. The van der Waals surface area contributed by atoms with E-state index in [0.717, 1.165) is 0 Å². The topological polar surface area (TPSA) is 1250 Å². The van der Waals surface area contributed by atoms with Crippen LogP contribution in [0.15, 0.2) is 0 Å². The van der Waals surface area contributed by atoms with Crippen molar-refractivity contribution < 1.29 is 676 Å². The predicted octanol–water partition coefficient (Wildman–Crippen LogP) is -54.0. The van der Waals surface area contributed by atoms with Gasteiger partial charge in [-0.25, -0.2) is 33.6 Å². The summed E-state index contributed by atoms with van der Waals surface area (Å²) in [6, 6.07) is 0. The van der Waals surface area contributed by atoms with E-state index in [9.17, 15) is 92.0 Å². The average molecular weight is 2010 g/mol. The molecular weight excluding hydrogens is 1920 g/mol. The molecule has 0 bridgehead atoms. The van der Waals surface area contributed by atoms with E-state index in [1.165, 1.54) is 0 Å². The minimum absolute atomic E-state index is 0. The number of hydrogen-bond acceptors (Lipinski definition) is 56. The molecule has 0 aromatic heterocycles. The first-order valence-corrected chi connectivity index (χ1v) is 31.8. The van der Waals surface area contributed by atoms with Gasteiger partial charge in [-0.1, -0.05) is 0 Å². The summed E-state index contributed by atoms with van der Waals surface area (Å²) < 4.78 is 21.2. The molecule has 0 aliphatic rings. The number of hydrogen-bond donors (Lipinski definition) is 43. The summed E-state index contributed by atoms with van der Waals surface area (Å²) in [6.45, 7) is -5.90. The Morgan fingerprint density at radius 3 is 0.392 bits per heavy atom. The molecule has 0 saturated heterocycles. The molecular formula is C48H89K7O63P2. The number of aliphatic hydroxyl groups excluding tert-OH is 35. The van der Waals surface area contributed by atoms with Crippen LogP contribution in [0.4, 0.5) is 0 Å². The summed E-state index contributed by atoms with van der Waals surface area (Å²) in [5, 5.41) is 402. The Morgan fingerprint density at radius 2 is 0.342 bits per heavy atom. The van der Waals surface area contributed by atoms with E-state index in [-0.39, 0.29) is 360 Å². The summed E-state index contributed by atoms with van der Waals surface area (Å²) >= 11 is 0. The Kier molecular flexibility index (Phi) is 117. The van der Waals surface area contributed by atoms with Gasteiger partial charge >= 0.3 is 401 Å². The third-order valence-corrected chi connectivity index (χ3v) is 13.6. The van der Waals surface area contributed by atoms with Crippen LogP contribution in [-0.4, -0.2) is 502 Å². The van der Waals surface area contributed by atoms with Crippen LogP contribution in [0.25, 0.3) is 0 Å². The minimum Gasteiger partial charge on any atom is -0.790 e. The molecule has 0 aromatic rings. The Hall–Kier alpha value is 4.97. The molecule has 0 rings (SSSR count). The minimum atomic E-state index is -5.68. The number of phosphoric acid groups is 2. The van der Waals surface area contributed by atoms with Gasteiger partial charge in [-0.15, -0.1) is 0 Å². The summed E-state index contributed by atoms with van der Waals surface area (Å²) in [6.07, 6.45) is -57.6. The number of aliphatic hydroxyl groups is 36. The van der Waals surface area contributed by atoms with Crippen LogP contribution >= 0.6 is 15.6 Å². The van der Waals surface area contributed by atoms with Gasteiger partial charge in [0.1, 0.15) is 134 Å². The Balaban J connectivity index is -0.0000000720. The van der Waals surface area contributed by atoms with Crippen molar-refractivity contribution in [3.63, 3.8) is 0 Å². The third-order valence-electron chi connectivity index (χ3n) is 12.0. The van der Waals surface area contributed by atoms with E-state index < -0.39 is 311 Å². The molecule has 676 valence electrons. The maximum atomic E-state index is 10.1. The van der Waals surface area contributed by atoms with Crippen LogP contribution in [0, 0.1) is 0 Å². The first kappa shape index (κ1) is 162. The molecule has 0 aliphatic heterocycles. The van der Waals surface area contributed by atoms with Crippen molar-refractivity contribution in [2.45, 2.75) is 189 Å². The van der Waals surface area contributed by atoms with Crippen molar-refractivity contribution in [1.29, 1.82) is 0 Å². The SMILES string of the molecule is O=C(O)[C@H](O)[C@@H](O)[C@H](O)[C@H](O)CO.O=C(O)[C@H](O)[C@@H](O)[C@H](O)[C@H](O)CO.O=C(O)[C@H](O)[C@@H](O)[C@H](O)[C@H](O)CO.O=C(O)[C@H](O)[C@@H](O)[C@H](O)[C@H](O)CO.O=C(O)[C@H](O)[C@@H](O)[C@H](O)[C@H](O)CO.O=C(O)[C@H](O)[C@@H](O)[C@H](O)[C@H](O)CO.O=C(O)[C@H](O)[C@@H](O)[C@H](O)[C@H](O)CO.O=C([O-])CC(O)(CC(=O)[O-])C(=O)[O-].O=P([O-])([O-])OP(=O)([O-])[O-].[K+].[K+].[K+].[K+].[K+].[K+].[K+]. The van der Waals surface area contributed by atoms with E-state index in [2.05, 4.69) is 4.31 Å². The van der Waals surface area contributed by atoms with Crippen LogP contribution in [0.3, 0.4) is 0 Å². The van der Waals surface area contributed by atoms with Gasteiger partial charge in [-0.05, 0) is 0 Å². The smallest absolute Gasteiger partial charge is 0.790 e. The Morgan fingerprint density at radius 1 is 0.242 bits per heavy atom. The fraction of sp³-hybridized carbons (Fsp3) is 0.792. The predicted molar refractivity (Wildman–Crippen MR) is 317 cm³/mol. The molecule has 0 aliphatic carbocycles. The number of carboxylic acid groups (broad SMARTS) is 10. The normalized spacial score (nSPS) is 17.7. The monoisotopic (exact) mass is 2010 g/mol. The maximum Gasteiger partial charge on any atom is 1.00 e. The second-order valence-electron chi connectivity index (χ2n) is 21.0. The zero-order valence-electron chi connectivity index (χ0n) is 63.3. The molecule has 28 atom stereocenters. The quantitative estimate of drug-likeness (QED) is 0.0199. The number of carbonyl (C=O) groups excluding carboxylic acids is 3. The van der Waals surface area contributed by atoms with Crippen molar-refractivity contribution in [1.82, 2.24) is 0 Å². The third kappa shape index (κ3) is 78.2. The Labute approximate surface area is 968 Å². The maximum absolute atomic E-state index is 10.1. The summed E-state index contributed by atoms with van der Waals surface area (Å²) in [5.74, 6) is -18.1. The molecule has 0 spiro atoms. The van der Waals surface area contributed by atoms with Crippen LogP contribution in [-0.2, 0) is 61.4 Å². The van der Waals surface area contributed by atoms with E-state index in [1.54, 1.807) is 0 Å². The Bertz CT molecular complexity index is 2380. The van der Waals surface area contributed by atoms with E-state index >= 15 is 0 Å². The molecule has 0 radical (unpaired) electrons. The first-order valence-electron chi connectivity index (χ1n) is 28.9. The molecule has 0 fully saturated rings. The van der Waals surface area contributed by atoms with Gasteiger partial charge in [-0.2, -0.15) is 0 Å². The second kappa shape index (κ2) is 86.8. The average Bonchev–Trinajstić information content (AvgIpc) is 0.849.